The topological polar surface area (TPSA) is 69.7 Å². The molecule has 3 heterocycles. The minimum Gasteiger partial charge on any atom is -0.367 e. The summed E-state index contributed by atoms with van der Waals surface area (Å²) in [6.07, 6.45) is 4.57. The Bertz CT molecular complexity index is 903. The molecule has 0 bridgehead atoms. The Morgan fingerprint density at radius 2 is 1.89 bits per heavy atom. The van der Waals surface area contributed by atoms with Crippen LogP contribution in [0.1, 0.15) is 18.4 Å². The van der Waals surface area contributed by atoms with Crippen LogP contribution in [0.4, 0.5) is 19.0 Å². The maximum absolute atomic E-state index is 14.4. The van der Waals surface area contributed by atoms with Crippen LogP contribution in [0, 0.1) is 5.82 Å². The average molecular weight is 376 g/mol. The fourth-order valence-corrected chi connectivity index (χ4v) is 3.37. The quantitative estimate of drug-likeness (QED) is 0.716. The molecule has 1 aromatic carbocycles. The number of rotatable bonds is 5. The van der Waals surface area contributed by atoms with Crippen LogP contribution >= 0.6 is 0 Å². The van der Waals surface area contributed by atoms with Crippen molar-refractivity contribution < 1.29 is 13.2 Å². The van der Waals surface area contributed by atoms with Crippen LogP contribution in [0.25, 0.3) is 11.0 Å². The molecule has 9 heteroatoms. The number of benzene rings is 1. The molecule has 142 valence electrons. The molecule has 27 heavy (non-hydrogen) atoms. The van der Waals surface area contributed by atoms with Gasteiger partial charge in [0.2, 0.25) is 0 Å². The summed E-state index contributed by atoms with van der Waals surface area (Å²) in [4.78, 5) is 10.1. The Morgan fingerprint density at radius 3 is 2.63 bits per heavy atom. The van der Waals surface area contributed by atoms with Crippen LogP contribution in [0.15, 0.2) is 36.8 Å². The van der Waals surface area contributed by atoms with Crippen molar-refractivity contribution in [1.82, 2.24) is 25.1 Å². The lowest BCUT2D eigenvalue weighted by molar-refractivity contribution is -0.0421. The number of anilines is 1. The summed E-state index contributed by atoms with van der Waals surface area (Å²) in [6.45, 7) is 0.729. The van der Waals surface area contributed by atoms with E-state index in [0.29, 0.717) is 24.6 Å². The van der Waals surface area contributed by atoms with Crippen molar-refractivity contribution in [2.24, 2.45) is 0 Å². The van der Waals surface area contributed by atoms with E-state index < -0.39 is 11.7 Å². The molecule has 0 saturated carbocycles. The van der Waals surface area contributed by atoms with Gasteiger partial charge in [0.25, 0.3) is 5.92 Å². The van der Waals surface area contributed by atoms with E-state index in [1.807, 2.05) is 0 Å². The van der Waals surface area contributed by atoms with Gasteiger partial charge < -0.3 is 5.32 Å². The van der Waals surface area contributed by atoms with Gasteiger partial charge in [-0.3, -0.25) is 10.00 Å². The van der Waals surface area contributed by atoms with Crippen molar-refractivity contribution in [1.29, 1.82) is 0 Å². The minimum atomic E-state index is -3.01. The lowest BCUT2D eigenvalue weighted by Crippen LogP contribution is -2.43. The SMILES string of the molecule is Fc1ccc(C(F)(F)CN2CCC(Nc3ncnc4[nH]ncc34)CC2)cc1. The Hall–Kier alpha value is -2.68. The smallest absolute Gasteiger partial charge is 0.285 e. The van der Waals surface area contributed by atoms with Crippen molar-refractivity contribution in [3.63, 3.8) is 0 Å². The van der Waals surface area contributed by atoms with E-state index in [-0.39, 0.29) is 18.2 Å². The highest BCUT2D eigenvalue weighted by Crippen LogP contribution is 2.30. The fourth-order valence-electron chi connectivity index (χ4n) is 3.37. The summed E-state index contributed by atoms with van der Waals surface area (Å²) in [5, 5.41) is 10.9. The van der Waals surface area contributed by atoms with Gasteiger partial charge in [-0.15, -0.1) is 0 Å². The van der Waals surface area contributed by atoms with E-state index in [1.54, 1.807) is 11.1 Å². The third-order valence-electron chi connectivity index (χ3n) is 4.87. The Labute approximate surface area is 153 Å². The second-order valence-electron chi connectivity index (χ2n) is 6.76. The van der Waals surface area contributed by atoms with Crippen molar-refractivity contribution >= 4 is 16.9 Å². The molecule has 1 aliphatic rings. The van der Waals surface area contributed by atoms with Gasteiger partial charge in [0.1, 0.15) is 18.0 Å². The standard InChI is InChI=1S/C18H19F3N6/c19-13-3-1-12(2-4-13)18(20,21)10-27-7-5-14(6-8-27)25-16-15-9-24-26-17(15)23-11-22-16/h1-4,9,11,14H,5-8,10H2,(H2,22,23,24,25,26). The van der Waals surface area contributed by atoms with Gasteiger partial charge >= 0.3 is 0 Å². The number of piperidine rings is 1. The van der Waals surface area contributed by atoms with Gasteiger partial charge in [-0.1, -0.05) is 12.1 Å². The number of halogens is 3. The molecule has 1 aliphatic heterocycles. The number of likely N-dealkylation sites (tertiary alicyclic amines) is 1. The number of hydrogen-bond donors (Lipinski definition) is 2. The van der Waals surface area contributed by atoms with Gasteiger partial charge in [-0.2, -0.15) is 13.9 Å². The molecule has 0 radical (unpaired) electrons. The summed E-state index contributed by atoms with van der Waals surface area (Å²) < 4.78 is 41.9. The van der Waals surface area contributed by atoms with E-state index in [4.69, 9.17) is 0 Å². The maximum atomic E-state index is 14.4. The Morgan fingerprint density at radius 1 is 1.15 bits per heavy atom. The van der Waals surface area contributed by atoms with E-state index >= 15 is 0 Å². The predicted molar refractivity (Wildman–Crippen MR) is 95.1 cm³/mol. The van der Waals surface area contributed by atoms with E-state index in [2.05, 4.69) is 25.5 Å². The summed E-state index contributed by atoms with van der Waals surface area (Å²) in [6, 6.07) is 4.58. The molecule has 6 nitrogen and oxygen atoms in total. The molecule has 2 aromatic heterocycles. The van der Waals surface area contributed by atoms with Gasteiger partial charge in [-0.05, 0) is 25.0 Å². The van der Waals surface area contributed by atoms with E-state index in [0.717, 1.165) is 42.5 Å². The number of nitrogens with one attached hydrogen (secondary N) is 2. The fraction of sp³-hybridized carbons (Fsp3) is 0.389. The van der Waals surface area contributed by atoms with Crippen LogP contribution in [-0.4, -0.2) is 50.7 Å². The third kappa shape index (κ3) is 3.87. The molecule has 2 N–H and O–H groups in total. The summed E-state index contributed by atoms with van der Waals surface area (Å²) in [5.41, 5.74) is 0.497. The van der Waals surface area contributed by atoms with Crippen LogP contribution in [0.5, 0.6) is 0 Å². The molecule has 4 rings (SSSR count). The number of H-pyrrole nitrogens is 1. The van der Waals surface area contributed by atoms with Crippen molar-refractivity contribution in [2.45, 2.75) is 24.8 Å². The van der Waals surface area contributed by atoms with Gasteiger partial charge in [-0.25, -0.2) is 14.4 Å². The predicted octanol–water partition coefficient (Wildman–Crippen LogP) is 3.16. The Kier molecular flexibility index (Phi) is 4.69. The second kappa shape index (κ2) is 7.15. The first-order chi connectivity index (χ1) is 13.0. The highest BCUT2D eigenvalue weighted by atomic mass is 19.3. The first-order valence-corrected chi connectivity index (χ1v) is 8.78. The number of nitrogens with zero attached hydrogens (tertiary/aromatic N) is 4. The average Bonchev–Trinajstić information content (AvgIpc) is 3.13. The monoisotopic (exact) mass is 376 g/mol. The van der Waals surface area contributed by atoms with Gasteiger partial charge in [0.15, 0.2) is 5.65 Å². The minimum absolute atomic E-state index is 0.147. The molecular weight excluding hydrogens is 357 g/mol. The second-order valence-corrected chi connectivity index (χ2v) is 6.76. The molecule has 0 atom stereocenters. The number of fused-ring (bicyclic) bond motifs is 1. The summed E-state index contributed by atoms with van der Waals surface area (Å²) >= 11 is 0. The van der Waals surface area contributed by atoms with Crippen molar-refractivity contribution in [3.05, 3.63) is 48.2 Å². The number of alkyl halides is 2. The molecule has 0 unspecified atom stereocenters. The Balaban J connectivity index is 1.35. The third-order valence-corrected chi connectivity index (χ3v) is 4.87. The molecule has 0 aliphatic carbocycles. The number of hydrogen-bond acceptors (Lipinski definition) is 5. The van der Waals surface area contributed by atoms with Crippen LogP contribution < -0.4 is 5.32 Å². The highest BCUT2D eigenvalue weighted by molar-refractivity contribution is 5.85. The van der Waals surface area contributed by atoms with Gasteiger partial charge in [0, 0.05) is 24.7 Å². The van der Waals surface area contributed by atoms with Crippen molar-refractivity contribution in [2.75, 3.05) is 25.0 Å². The largest absolute Gasteiger partial charge is 0.367 e. The molecule has 3 aromatic rings. The molecule has 1 saturated heterocycles. The van der Waals surface area contributed by atoms with Crippen LogP contribution in [0.3, 0.4) is 0 Å². The zero-order valence-corrected chi connectivity index (χ0v) is 14.5. The zero-order chi connectivity index (χ0) is 18.9. The van der Waals surface area contributed by atoms with E-state index in [9.17, 15) is 13.2 Å². The molecule has 0 spiro atoms. The van der Waals surface area contributed by atoms with Crippen molar-refractivity contribution in [3.8, 4) is 0 Å². The van der Waals surface area contributed by atoms with Crippen LogP contribution in [-0.2, 0) is 5.92 Å². The lowest BCUT2D eigenvalue weighted by Gasteiger charge is -2.34. The van der Waals surface area contributed by atoms with Gasteiger partial charge in [0.05, 0.1) is 18.1 Å². The summed E-state index contributed by atoms with van der Waals surface area (Å²) in [5.74, 6) is -2.83. The summed E-state index contributed by atoms with van der Waals surface area (Å²) in [7, 11) is 0. The van der Waals surface area contributed by atoms with E-state index in [1.165, 1.54) is 6.33 Å². The zero-order valence-electron chi connectivity index (χ0n) is 14.5. The molecular formula is C18H19F3N6. The molecule has 1 fully saturated rings. The lowest BCUT2D eigenvalue weighted by atomic mass is 10.0. The number of aromatic nitrogens is 4. The maximum Gasteiger partial charge on any atom is 0.285 e. The molecule has 0 amide bonds. The van der Waals surface area contributed by atoms with Crippen LogP contribution in [0.2, 0.25) is 0 Å². The highest BCUT2D eigenvalue weighted by Gasteiger charge is 2.35. The number of aromatic amines is 1. The first-order valence-electron chi connectivity index (χ1n) is 8.78. The normalized spacial score (nSPS) is 16.7. The first kappa shape index (κ1) is 17.7.